The smallest absolute Gasteiger partial charge is 0.408 e. The molecule has 0 bridgehead atoms. The Labute approximate surface area is 233 Å². The Morgan fingerprint density at radius 3 is 2.33 bits per heavy atom. The Hall–Kier alpha value is -4.31. The number of nitrogens with zero attached hydrogens (tertiary/aromatic N) is 1. The monoisotopic (exact) mass is 552 g/mol. The van der Waals surface area contributed by atoms with Gasteiger partial charge in [0.25, 0.3) is 0 Å². The second kappa shape index (κ2) is 11.8. The molecule has 3 N–H and O–H groups in total. The lowest BCUT2D eigenvalue weighted by Crippen LogP contribution is -2.57. The predicted molar refractivity (Wildman–Crippen MR) is 152 cm³/mol. The molecule has 1 heterocycles. The molecule has 2 aromatic carbocycles. The number of ether oxygens (including phenoxy) is 3. The molecule has 0 aromatic heterocycles. The SMILES string of the molecule is COc1ccc(C=CC(=O)c2ccc(OC)c3c2OC(C)(C)C=C3)cc1NC(=O)C(CO)N(C(=O)O)C(C)(C)C. The number of benzene rings is 2. The molecule has 1 atom stereocenters. The molecule has 1 unspecified atom stereocenters. The van der Waals surface area contributed by atoms with Gasteiger partial charge in [-0.2, -0.15) is 0 Å². The minimum atomic E-state index is -1.36. The summed E-state index contributed by atoms with van der Waals surface area (Å²) >= 11 is 0. The van der Waals surface area contributed by atoms with Gasteiger partial charge in [-0.1, -0.05) is 12.1 Å². The van der Waals surface area contributed by atoms with E-state index in [9.17, 15) is 24.6 Å². The zero-order chi connectivity index (χ0) is 29.8. The highest BCUT2D eigenvalue weighted by Gasteiger charge is 2.37. The first-order valence-electron chi connectivity index (χ1n) is 12.7. The Morgan fingerprint density at radius 1 is 1.10 bits per heavy atom. The molecule has 40 heavy (non-hydrogen) atoms. The maximum Gasteiger partial charge on any atom is 0.408 e. The third-order valence-electron chi connectivity index (χ3n) is 6.28. The Balaban J connectivity index is 1.90. The van der Waals surface area contributed by atoms with E-state index >= 15 is 0 Å². The molecule has 0 saturated carbocycles. The molecule has 10 nitrogen and oxygen atoms in total. The molecule has 2 aromatic rings. The van der Waals surface area contributed by atoms with E-state index < -0.39 is 35.8 Å². The quantitative estimate of drug-likeness (QED) is 0.297. The van der Waals surface area contributed by atoms with Gasteiger partial charge in [-0.15, -0.1) is 0 Å². The van der Waals surface area contributed by atoms with Crippen LogP contribution in [0.2, 0.25) is 0 Å². The maximum absolute atomic E-state index is 13.2. The summed E-state index contributed by atoms with van der Waals surface area (Å²) in [5, 5.41) is 22.2. The third-order valence-corrected chi connectivity index (χ3v) is 6.28. The number of anilines is 1. The number of carbonyl (C=O) groups excluding carboxylic acids is 2. The van der Waals surface area contributed by atoms with Crippen molar-refractivity contribution < 1.29 is 38.8 Å². The Kier molecular flexibility index (Phi) is 8.94. The van der Waals surface area contributed by atoms with Crippen molar-refractivity contribution in [3.05, 3.63) is 59.2 Å². The van der Waals surface area contributed by atoms with E-state index in [-0.39, 0.29) is 11.5 Å². The molecule has 0 fully saturated rings. The fraction of sp³-hybridized carbons (Fsp3) is 0.367. The van der Waals surface area contributed by atoms with Gasteiger partial charge in [-0.05, 0) is 82.7 Å². The van der Waals surface area contributed by atoms with Crippen molar-refractivity contribution in [2.45, 2.75) is 51.8 Å². The number of hydrogen-bond donors (Lipinski definition) is 3. The van der Waals surface area contributed by atoms with Gasteiger partial charge in [0.1, 0.15) is 28.9 Å². The molecule has 1 aliphatic rings. The van der Waals surface area contributed by atoms with Crippen LogP contribution < -0.4 is 19.5 Å². The van der Waals surface area contributed by atoms with Crippen LogP contribution >= 0.6 is 0 Å². The number of nitrogens with one attached hydrogen (secondary N) is 1. The highest BCUT2D eigenvalue weighted by molar-refractivity contribution is 6.09. The fourth-order valence-corrected chi connectivity index (χ4v) is 4.38. The van der Waals surface area contributed by atoms with Gasteiger partial charge in [-0.3, -0.25) is 14.5 Å². The van der Waals surface area contributed by atoms with Crippen molar-refractivity contribution in [2.75, 3.05) is 26.1 Å². The van der Waals surface area contributed by atoms with Gasteiger partial charge in [0.2, 0.25) is 5.91 Å². The number of rotatable bonds is 9. The summed E-state index contributed by atoms with van der Waals surface area (Å²) in [5.41, 5.74) is 0.321. The number of fused-ring (bicyclic) bond motifs is 1. The number of allylic oxidation sites excluding steroid dienone is 1. The summed E-state index contributed by atoms with van der Waals surface area (Å²) in [7, 11) is 2.98. The normalized spacial score (nSPS) is 14.6. The van der Waals surface area contributed by atoms with Crippen LogP contribution in [0.15, 0.2) is 42.5 Å². The van der Waals surface area contributed by atoms with E-state index in [1.165, 1.54) is 13.2 Å². The molecular weight excluding hydrogens is 516 g/mol. The van der Waals surface area contributed by atoms with E-state index in [4.69, 9.17) is 14.2 Å². The minimum absolute atomic E-state index is 0.247. The number of methoxy groups -OCH3 is 2. The van der Waals surface area contributed by atoms with Crippen molar-refractivity contribution in [1.82, 2.24) is 4.90 Å². The van der Waals surface area contributed by atoms with Gasteiger partial charge in [0.15, 0.2) is 5.78 Å². The standard InChI is InChI=1S/C30H36N2O8/c1-29(2,3)32(28(36)37)22(17-33)27(35)31-21-16-18(9-12-25(21)39-7)8-11-23(34)19-10-13-24(38-6)20-14-15-30(4,5)40-26(19)20/h8-16,22,33H,17H2,1-7H3,(H,31,35)(H,36,37). The maximum atomic E-state index is 13.2. The number of ketones is 1. The van der Waals surface area contributed by atoms with E-state index in [2.05, 4.69) is 5.32 Å². The first-order chi connectivity index (χ1) is 18.7. The van der Waals surface area contributed by atoms with Gasteiger partial charge in [-0.25, -0.2) is 4.79 Å². The first-order valence-corrected chi connectivity index (χ1v) is 12.7. The number of carboxylic acid groups (broad SMARTS) is 1. The van der Waals surface area contributed by atoms with E-state index in [1.807, 2.05) is 26.0 Å². The number of carbonyl (C=O) groups is 3. The highest BCUT2D eigenvalue weighted by Crippen LogP contribution is 2.40. The van der Waals surface area contributed by atoms with Crippen molar-refractivity contribution in [3.63, 3.8) is 0 Å². The molecule has 0 saturated heterocycles. The van der Waals surface area contributed by atoms with E-state index in [0.29, 0.717) is 33.9 Å². The summed E-state index contributed by atoms with van der Waals surface area (Å²) in [5.74, 6) is 0.313. The minimum Gasteiger partial charge on any atom is -0.496 e. The molecular formula is C30H36N2O8. The highest BCUT2D eigenvalue weighted by atomic mass is 16.5. The van der Waals surface area contributed by atoms with Crippen LogP contribution in [0.5, 0.6) is 17.2 Å². The van der Waals surface area contributed by atoms with Crippen LogP contribution in [0.25, 0.3) is 12.2 Å². The summed E-state index contributed by atoms with van der Waals surface area (Å²) < 4.78 is 16.9. The molecule has 1 aliphatic heterocycles. The summed E-state index contributed by atoms with van der Waals surface area (Å²) in [6.07, 6.45) is 5.41. The van der Waals surface area contributed by atoms with Crippen molar-refractivity contribution in [2.24, 2.45) is 0 Å². The zero-order valence-electron chi connectivity index (χ0n) is 23.8. The van der Waals surface area contributed by atoms with Crippen molar-refractivity contribution in [3.8, 4) is 17.2 Å². The molecule has 10 heteroatoms. The largest absolute Gasteiger partial charge is 0.496 e. The van der Waals surface area contributed by atoms with Crippen LogP contribution in [0.1, 0.15) is 56.1 Å². The average Bonchev–Trinajstić information content (AvgIpc) is 2.87. The number of amides is 2. The van der Waals surface area contributed by atoms with Gasteiger partial charge in [0.05, 0.1) is 37.6 Å². The van der Waals surface area contributed by atoms with Crippen LogP contribution in [0.4, 0.5) is 10.5 Å². The second-order valence-electron chi connectivity index (χ2n) is 10.8. The van der Waals surface area contributed by atoms with Gasteiger partial charge >= 0.3 is 6.09 Å². The Bertz CT molecular complexity index is 1350. The van der Waals surface area contributed by atoms with Gasteiger partial charge in [0, 0.05) is 5.54 Å². The topological polar surface area (TPSA) is 135 Å². The summed E-state index contributed by atoms with van der Waals surface area (Å²) in [6.45, 7) is 7.95. The van der Waals surface area contributed by atoms with Gasteiger partial charge < -0.3 is 29.7 Å². The summed E-state index contributed by atoms with van der Waals surface area (Å²) in [6, 6.07) is 6.90. The predicted octanol–water partition coefficient (Wildman–Crippen LogP) is 4.86. The lowest BCUT2D eigenvalue weighted by Gasteiger charge is -2.37. The molecule has 3 rings (SSSR count). The average molecular weight is 553 g/mol. The van der Waals surface area contributed by atoms with Crippen molar-refractivity contribution >= 4 is 35.6 Å². The summed E-state index contributed by atoms with van der Waals surface area (Å²) in [4.78, 5) is 39.1. The van der Waals surface area contributed by atoms with Crippen LogP contribution in [-0.2, 0) is 4.79 Å². The van der Waals surface area contributed by atoms with Crippen LogP contribution in [-0.4, -0.2) is 70.9 Å². The number of aliphatic hydroxyl groups excluding tert-OH is 1. The Morgan fingerprint density at radius 2 is 1.75 bits per heavy atom. The lowest BCUT2D eigenvalue weighted by molar-refractivity contribution is -0.124. The first kappa shape index (κ1) is 30.2. The number of aliphatic hydroxyl groups is 1. The third kappa shape index (κ3) is 6.63. The zero-order valence-corrected chi connectivity index (χ0v) is 23.8. The van der Waals surface area contributed by atoms with Crippen LogP contribution in [0.3, 0.4) is 0 Å². The molecule has 0 radical (unpaired) electrons. The van der Waals surface area contributed by atoms with E-state index in [0.717, 1.165) is 4.90 Å². The second-order valence-corrected chi connectivity index (χ2v) is 10.8. The lowest BCUT2D eigenvalue weighted by atomic mass is 9.97. The molecule has 0 aliphatic carbocycles. The van der Waals surface area contributed by atoms with Crippen molar-refractivity contribution in [1.29, 1.82) is 0 Å². The van der Waals surface area contributed by atoms with E-state index in [1.54, 1.807) is 64.3 Å². The molecule has 2 amide bonds. The number of hydrogen-bond acceptors (Lipinski definition) is 7. The van der Waals surface area contributed by atoms with Crippen LogP contribution in [0, 0.1) is 0 Å². The molecule has 0 spiro atoms. The fourth-order valence-electron chi connectivity index (χ4n) is 4.38. The molecule has 214 valence electrons.